The van der Waals surface area contributed by atoms with Crippen LogP contribution in [0.4, 0.5) is 4.39 Å². The van der Waals surface area contributed by atoms with Crippen LogP contribution in [0.15, 0.2) is 41.8 Å². The van der Waals surface area contributed by atoms with Crippen LogP contribution in [0.25, 0.3) is 10.7 Å². The lowest BCUT2D eigenvalue weighted by atomic mass is 10.2. The normalized spacial score (nSPS) is 15.6. The number of hydrogen-bond donors (Lipinski definition) is 1. The summed E-state index contributed by atoms with van der Waals surface area (Å²) in [5.41, 5.74) is 0.318. The molecule has 1 N–H and O–H groups in total. The predicted molar refractivity (Wildman–Crippen MR) is 115 cm³/mol. The van der Waals surface area contributed by atoms with Crippen molar-refractivity contribution in [2.24, 2.45) is 0 Å². The number of nitrogens with zero attached hydrogens (tertiary/aromatic N) is 5. The highest BCUT2D eigenvalue weighted by molar-refractivity contribution is 7.13. The fraction of sp³-hybridized carbons (Fsp3) is 0.381. The van der Waals surface area contributed by atoms with Crippen molar-refractivity contribution < 1.29 is 18.7 Å². The van der Waals surface area contributed by atoms with Gasteiger partial charge in [0.25, 0.3) is 0 Å². The Morgan fingerprint density at radius 2 is 2.16 bits per heavy atom. The molecule has 9 nitrogen and oxygen atoms in total. The van der Waals surface area contributed by atoms with E-state index in [9.17, 15) is 14.0 Å². The van der Waals surface area contributed by atoms with Gasteiger partial charge in [-0.25, -0.2) is 4.39 Å². The first-order valence-electron chi connectivity index (χ1n) is 10.3. The molecule has 1 atom stereocenters. The summed E-state index contributed by atoms with van der Waals surface area (Å²) < 4.78 is 19.7. The molecule has 1 fully saturated rings. The van der Waals surface area contributed by atoms with Crippen molar-refractivity contribution in [1.29, 1.82) is 0 Å². The van der Waals surface area contributed by atoms with E-state index < -0.39 is 11.7 Å². The molecule has 168 valence electrons. The topological polar surface area (TPSA) is 102 Å². The molecule has 3 heterocycles. The fourth-order valence-corrected chi connectivity index (χ4v) is 4.01. The Bertz CT molecular complexity index is 1050. The summed E-state index contributed by atoms with van der Waals surface area (Å²) in [6.45, 7) is 0.593. The number of benzene rings is 1. The maximum absolute atomic E-state index is 14.2. The average Bonchev–Trinajstić information content (AvgIpc) is 3.55. The third-order valence-corrected chi connectivity index (χ3v) is 5.89. The minimum Gasteiger partial charge on any atom is -0.376 e. The second-order valence-electron chi connectivity index (χ2n) is 7.40. The van der Waals surface area contributed by atoms with E-state index in [2.05, 4.69) is 20.7 Å². The Labute approximate surface area is 188 Å². The van der Waals surface area contributed by atoms with Crippen molar-refractivity contribution in [2.45, 2.75) is 32.0 Å². The lowest BCUT2D eigenvalue weighted by Gasteiger charge is -2.23. The zero-order valence-corrected chi connectivity index (χ0v) is 18.1. The lowest BCUT2D eigenvalue weighted by molar-refractivity contribution is -0.137. The van der Waals surface area contributed by atoms with Gasteiger partial charge in [-0.15, -0.1) is 21.5 Å². The van der Waals surface area contributed by atoms with E-state index in [0.717, 1.165) is 17.7 Å². The van der Waals surface area contributed by atoms with Crippen LogP contribution in [0.5, 0.6) is 0 Å². The van der Waals surface area contributed by atoms with E-state index in [-0.39, 0.29) is 31.6 Å². The Hall–Kier alpha value is -3.18. The van der Waals surface area contributed by atoms with Crippen LogP contribution in [0.2, 0.25) is 0 Å². The van der Waals surface area contributed by atoms with Crippen molar-refractivity contribution in [3.8, 4) is 10.7 Å². The maximum atomic E-state index is 14.2. The predicted octanol–water partition coefficient (Wildman–Crippen LogP) is 1.86. The van der Waals surface area contributed by atoms with Gasteiger partial charge in [-0.05, 0) is 35.6 Å². The number of thiophene rings is 1. The Morgan fingerprint density at radius 1 is 1.28 bits per heavy atom. The van der Waals surface area contributed by atoms with E-state index in [1.54, 1.807) is 18.2 Å². The monoisotopic (exact) mass is 458 g/mol. The van der Waals surface area contributed by atoms with Gasteiger partial charge in [0.05, 0.1) is 17.5 Å². The summed E-state index contributed by atoms with van der Waals surface area (Å²) in [6, 6.07) is 9.90. The van der Waals surface area contributed by atoms with Crippen molar-refractivity contribution in [3.05, 3.63) is 53.2 Å². The molecule has 0 unspecified atom stereocenters. The molecule has 0 saturated carbocycles. The van der Waals surface area contributed by atoms with Gasteiger partial charge in [0.2, 0.25) is 17.6 Å². The van der Waals surface area contributed by atoms with Gasteiger partial charge in [0, 0.05) is 25.3 Å². The number of nitrogens with one attached hydrogen (secondary N) is 1. The smallest absolute Gasteiger partial charge is 0.247 e. The number of amides is 2. The summed E-state index contributed by atoms with van der Waals surface area (Å²) in [5, 5.41) is 16.8. The third-order valence-electron chi connectivity index (χ3n) is 5.03. The molecule has 32 heavy (non-hydrogen) atoms. The summed E-state index contributed by atoms with van der Waals surface area (Å²) in [4.78, 5) is 28.8. The molecule has 11 heteroatoms. The molecule has 0 bridgehead atoms. The van der Waals surface area contributed by atoms with E-state index in [1.165, 1.54) is 27.1 Å². The van der Waals surface area contributed by atoms with Crippen LogP contribution >= 0.6 is 11.3 Å². The van der Waals surface area contributed by atoms with E-state index in [1.807, 2.05) is 17.5 Å². The molecule has 0 spiro atoms. The van der Waals surface area contributed by atoms with Crippen LogP contribution in [0, 0.1) is 5.82 Å². The molecule has 0 aliphatic carbocycles. The molecule has 4 rings (SSSR count). The van der Waals surface area contributed by atoms with E-state index in [0.29, 0.717) is 24.5 Å². The number of aromatic nitrogens is 4. The fourth-order valence-electron chi connectivity index (χ4n) is 3.36. The van der Waals surface area contributed by atoms with Crippen LogP contribution < -0.4 is 5.32 Å². The molecule has 2 amide bonds. The number of ether oxygens (including phenoxy) is 1. The highest BCUT2D eigenvalue weighted by Gasteiger charge is 2.22. The van der Waals surface area contributed by atoms with E-state index in [4.69, 9.17) is 4.74 Å². The van der Waals surface area contributed by atoms with Crippen LogP contribution in [0.1, 0.15) is 18.4 Å². The quantitative estimate of drug-likeness (QED) is 0.525. The molecule has 0 radical (unpaired) electrons. The standard InChI is InChI=1S/C21H23FN6O3S/c22-17-7-2-1-5-15(17)12-27(13-19(29)23-11-16-6-3-9-31-16)20(30)14-28-25-21(24-26-28)18-8-4-10-32-18/h1-2,4-5,7-8,10,16H,3,6,9,11-14H2,(H,23,29)/t16-/m1/s1. The van der Waals surface area contributed by atoms with Gasteiger partial charge < -0.3 is 15.0 Å². The van der Waals surface area contributed by atoms with Crippen molar-refractivity contribution in [1.82, 2.24) is 30.4 Å². The van der Waals surface area contributed by atoms with E-state index >= 15 is 0 Å². The number of hydrogen-bond acceptors (Lipinski definition) is 7. The number of carbonyl (C=O) groups is 2. The first-order valence-corrected chi connectivity index (χ1v) is 11.2. The second-order valence-corrected chi connectivity index (χ2v) is 8.35. The van der Waals surface area contributed by atoms with Crippen molar-refractivity contribution in [2.75, 3.05) is 19.7 Å². The first-order chi connectivity index (χ1) is 15.6. The maximum Gasteiger partial charge on any atom is 0.247 e. The largest absolute Gasteiger partial charge is 0.376 e. The minimum absolute atomic E-state index is 0.00955. The van der Waals surface area contributed by atoms with Gasteiger partial charge >= 0.3 is 0 Å². The zero-order valence-electron chi connectivity index (χ0n) is 17.3. The van der Waals surface area contributed by atoms with Crippen molar-refractivity contribution >= 4 is 23.2 Å². The SMILES string of the molecule is O=C(CN(Cc1ccccc1F)C(=O)Cn1nnc(-c2cccs2)n1)NC[C@H]1CCCO1. The highest BCUT2D eigenvalue weighted by atomic mass is 32.1. The molecule has 1 aromatic carbocycles. The van der Waals surface area contributed by atoms with Crippen LogP contribution in [0.3, 0.4) is 0 Å². The summed E-state index contributed by atoms with van der Waals surface area (Å²) in [5.74, 6) is -0.779. The van der Waals surface area contributed by atoms with Crippen molar-refractivity contribution in [3.63, 3.8) is 0 Å². The minimum atomic E-state index is -0.441. The van der Waals surface area contributed by atoms with Gasteiger partial charge in [-0.3, -0.25) is 9.59 Å². The van der Waals surface area contributed by atoms with Gasteiger partial charge in [0.1, 0.15) is 12.4 Å². The Morgan fingerprint density at radius 3 is 2.91 bits per heavy atom. The highest BCUT2D eigenvalue weighted by Crippen LogP contribution is 2.19. The summed E-state index contributed by atoms with van der Waals surface area (Å²) in [7, 11) is 0. The second kappa shape index (κ2) is 10.4. The lowest BCUT2D eigenvalue weighted by Crippen LogP contribution is -2.43. The number of rotatable bonds is 9. The average molecular weight is 459 g/mol. The molecular weight excluding hydrogens is 435 g/mol. The summed E-state index contributed by atoms with van der Waals surface area (Å²) in [6.07, 6.45) is 1.85. The Kier molecular flexibility index (Phi) is 7.17. The van der Waals surface area contributed by atoms with Gasteiger partial charge in [-0.1, -0.05) is 24.3 Å². The van der Waals surface area contributed by atoms with Gasteiger partial charge in [0.15, 0.2) is 0 Å². The number of halogens is 1. The molecule has 1 aliphatic heterocycles. The zero-order chi connectivity index (χ0) is 22.3. The first kappa shape index (κ1) is 22.0. The third kappa shape index (κ3) is 5.74. The van der Waals surface area contributed by atoms with Crippen LogP contribution in [-0.4, -0.2) is 62.7 Å². The summed E-state index contributed by atoms with van der Waals surface area (Å²) >= 11 is 1.46. The molecule has 2 aromatic heterocycles. The molecule has 1 aliphatic rings. The number of carbonyl (C=O) groups excluding carboxylic acids is 2. The molecule has 1 saturated heterocycles. The molecule has 3 aromatic rings. The Balaban J connectivity index is 1.43. The number of tetrazole rings is 1. The van der Waals surface area contributed by atoms with Crippen LogP contribution in [-0.2, 0) is 27.4 Å². The molecular formula is C21H23FN6O3S. The van der Waals surface area contributed by atoms with Gasteiger partial charge in [-0.2, -0.15) is 4.80 Å².